The highest BCUT2D eigenvalue weighted by molar-refractivity contribution is 6.30. The number of aromatic nitrogens is 2. The summed E-state index contributed by atoms with van der Waals surface area (Å²) in [5.74, 6) is -1.15. The van der Waals surface area contributed by atoms with Gasteiger partial charge in [-0.3, -0.25) is 4.90 Å². The van der Waals surface area contributed by atoms with E-state index in [9.17, 15) is 9.90 Å². The average molecular weight is 427 g/mol. The van der Waals surface area contributed by atoms with Crippen molar-refractivity contribution >= 4 is 17.6 Å². The number of morpholine rings is 1. The number of halogens is 1. The van der Waals surface area contributed by atoms with E-state index in [-0.39, 0.29) is 11.4 Å². The van der Waals surface area contributed by atoms with Crippen molar-refractivity contribution in [1.82, 2.24) is 14.7 Å². The predicted molar refractivity (Wildman–Crippen MR) is 111 cm³/mol. The molecule has 0 saturated carbocycles. The third-order valence-corrected chi connectivity index (χ3v) is 5.24. The molecular formula is C22H21ClN3O4-. The minimum absolute atomic E-state index is 0.0706. The van der Waals surface area contributed by atoms with Gasteiger partial charge >= 0.3 is 0 Å². The third-order valence-electron chi connectivity index (χ3n) is 4.98. The molecule has 1 aliphatic heterocycles. The van der Waals surface area contributed by atoms with Gasteiger partial charge in [0.05, 0.1) is 36.6 Å². The molecule has 8 heteroatoms. The summed E-state index contributed by atoms with van der Waals surface area (Å²) in [7, 11) is 0. The van der Waals surface area contributed by atoms with Gasteiger partial charge in [0.1, 0.15) is 6.61 Å². The molecule has 3 aromatic rings. The van der Waals surface area contributed by atoms with Crippen molar-refractivity contribution in [3.8, 4) is 22.7 Å². The Morgan fingerprint density at radius 3 is 2.33 bits per heavy atom. The fraction of sp³-hybridized carbons (Fsp3) is 0.273. The van der Waals surface area contributed by atoms with E-state index in [1.807, 2.05) is 48.5 Å². The number of aromatic carboxylic acids is 1. The van der Waals surface area contributed by atoms with Crippen LogP contribution in [-0.4, -0.2) is 60.1 Å². The minimum atomic E-state index is -1.32. The van der Waals surface area contributed by atoms with Crippen molar-refractivity contribution in [3.63, 3.8) is 0 Å². The molecular weight excluding hydrogens is 406 g/mol. The molecule has 1 saturated heterocycles. The Hall–Kier alpha value is -2.87. The molecule has 2 aromatic carbocycles. The van der Waals surface area contributed by atoms with Gasteiger partial charge in [-0.25, -0.2) is 4.68 Å². The van der Waals surface area contributed by atoms with Gasteiger partial charge in [0.25, 0.3) is 0 Å². The summed E-state index contributed by atoms with van der Waals surface area (Å²) in [6.45, 7) is 4.08. The van der Waals surface area contributed by atoms with Crippen LogP contribution in [0.2, 0.25) is 5.02 Å². The van der Waals surface area contributed by atoms with Gasteiger partial charge in [-0.2, -0.15) is 5.10 Å². The maximum Gasteiger partial charge on any atom is 0.226 e. The monoisotopic (exact) mass is 426 g/mol. The van der Waals surface area contributed by atoms with Crippen LogP contribution in [0.4, 0.5) is 0 Å². The lowest BCUT2D eigenvalue weighted by molar-refractivity contribution is -0.255. The molecule has 0 unspecified atom stereocenters. The van der Waals surface area contributed by atoms with Crippen LogP contribution < -0.4 is 9.84 Å². The van der Waals surface area contributed by atoms with Crippen molar-refractivity contribution < 1.29 is 19.4 Å². The third kappa shape index (κ3) is 4.64. The Balaban J connectivity index is 1.52. The van der Waals surface area contributed by atoms with Crippen molar-refractivity contribution in [2.75, 3.05) is 39.5 Å². The van der Waals surface area contributed by atoms with Crippen LogP contribution in [0.5, 0.6) is 5.88 Å². The number of nitrogens with zero attached hydrogens (tertiary/aromatic N) is 3. The predicted octanol–water partition coefficient (Wildman–Crippen LogP) is 2.27. The van der Waals surface area contributed by atoms with E-state index in [1.54, 1.807) is 0 Å². The highest BCUT2D eigenvalue weighted by Gasteiger charge is 2.16. The molecule has 4 rings (SSSR count). The van der Waals surface area contributed by atoms with Crippen LogP contribution in [0, 0.1) is 0 Å². The molecule has 0 amide bonds. The van der Waals surface area contributed by atoms with Crippen LogP contribution in [0.1, 0.15) is 10.4 Å². The maximum absolute atomic E-state index is 11.5. The number of carboxylic acids is 1. The molecule has 0 atom stereocenters. The summed E-state index contributed by atoms with van der Waals surface area (Å²) in [6, 6.07) is 15.2. The number of hydrogen-bond donors (Lipinski definition) is 0. The van der Waals surface area contributed by atoms with Crippen molar-refractivity contribution in [1.29, 1.82) is 0 Å². The second kappa shape index (κ2) is 9.30. The first-order chi connectivity index (χ1) is 14.6. The Bertz CT molecular complexity index is 996. The Morgan fingerprint density at radius 2 is 1.70 bits per heavy atom. The van der Waals surface area contributed by atoms with E-state index in [2.05, 4.69) is 10.00 Å². The number of carboxylic acid groups (broad SMARTS) is 1. The van der Waals surface area contributed by atoms with Crippen molar-refractivity contribution in [2.24, 2.45) is 0 Å². The normalized spacial score (nSPS) is 14.6. The zero-order chi connectivity index (χ0) is 20.9. The molecule has 1 aromatic heterocycles. The number of rotatable bonds is 7. The summed E-state index contributed by atoms with van der Waals surface area (Å²) in [4.78, 5) is 13.7. The molecule has 0 spiro atoms. The summed E-state index contributed by atoms with van der Waals surface area (Å²) in [5, 5.41) is 16.4. The second-order valence-electron chi connectivity index (χ2n) is 6.92. The number of carbonyl (C=O) groups excluding carboxylic acids is 1. The lowest BCUT2D eigenvalue weighted by atomic mass is 10.1. The van der Waals surface area contributed by atoms with Gasteiger partial charge in [0.2, 0.25) is 5.88 Å². The van der Waals surface area contributed by atoms with Crippen molar-refractivity contribution in [2.45, 2.75) is 0 Å². The topological polar surface area (TPSA) is 79.6 Å². The largest absolute Gasteiger partial charge is 0.545 e. The summed E-state index contributed by atoms with van der Waals surface area (Å²) < 4.78 is 12.7. The zero-order valence-corrected chi connectivity index (χ0v) is 17.0. The molecule has 30 heavy (non-hydrogen) atoms. The second-order valence-corrected chi connectivity index (χ2v) is 7.36. The van der Waals surface area contributed by atoms with Gasteiger partial charge in [0, 0.05) is 24.7 Å². The van der Waals surface area contributed by atoms with Crippen LogP contribution >= 0.6 is 11.6 Å². The van der Waals surface area contributed by atoms with Gasteiger partial charge in [-0.15, -0.1) is 0 Å². The van der Waals surface area contributed by atoms with Gasteiger partial charge in [-0.05, 0) is 35.4 Å². The molecule has 7 nitrogen and oxygen atoms in total. The quantitative estimate of drug-likeness (QED) is 0.576. The Kier molecular flexibility index (Phi) is 6.32. The van der Waals surface area contributed by atoms with Crippen LogP contribution in [0.3, 0.4) is 0 Å². The smallest absolute Gasteiger partial charge is 0.226 e. The van der Waals surface area contributed by atoms with Crippen LogP contribution in [0.25, 0.3) is 16.8 Å². The number of ether oxygens (including phenoxy) is 2. The lowest BCUT2D eigenvalue weighted by Gasteiger charge is -2.26. The van der Waals surface area contributed by atoms with E-state index in [0.717, 1.165) is 24.2 Å². The average Bonchev–Trinajstić information content (AvgIpc) is 3.19. The summed E-state index contributed by atoms with van der Waals surface area (Å²) in [6.07, 6.45) is 1.26. The highest BCUT2D eigenvalue weighted by Crippen LogP contribution is 2.26. The van der Waals surface area contributed by atoms with E-state index in [1.165, 1.54) is 10.9 Å². The fourth-order valence-electron chi connectivity index (χ4n) is 3.33. The Labute approximate surface area is 179 Å². The van der Waals surface area contributed by atoms with E-state index >= 15 is 0 Å². The van der Waals surface area contributed by atoms with Crippen LogP contribution in [-0.2, 0) is 4.74 Å². The van der Waals surface area contributed by atoms with Crippen molar-refractivity contribution in [3.05, 3.63) is 65.3 Å². The van der Waals surface area contributed by atoms with Gasteiger partial charge in [-0.1, -0.05) is 35.9 Å². The first-order valence-corrected chi connectivity index (χ1v) is 10.1. The van der Waals surface area contributed by atoms with Gasteiger partial charge < -0.3 is 19.4 Å². The lowest BCUT2D eigenvalue weighted by Crippen LogP contribution is -2.38. The summed E-state index contributed by atoms with van der Waals surface area (Å²) in [5.41, 5.74) is 2.67. The number of benzene rings is 2. The maximum atomic E-state index is 11.5. The first-order valence-electron chi connectivity index (χ1n) is 9.70. The van der Waals surface area contributed by atoms with E-state index in [0.29, 0.717) is 37.1 Å². The minimum Gasteiger partial charge on any atom is -0.545 e. The van der Waals surface area contributed by atoms with Crippen LogP contribution in [0.15, 0.2) is 54.7 Å². The molecule has 156 valence electrons. The zero-order valence-electron chi connectivity index (χ0n) is 16.3. The fourth-order valence-corrected chi connectivity index (χ4v) is 3.46. The highest BCUT2D eigenvalue weighted by atomic mass is 35.5. The SMILES string of the molecule is O=C([O-])c1cnn(-c2ccc(-c3ccc(Cl)cc3)cc2)c1OCCN1CCOCC1. The molecule has 1 fully saturated rings. The van der Waals surface area contributed by atoms with E-state index in [4.69, 9.17) is 21.1 Å². The molecule has 0 aliphatic carbocycles. The molecule has 0 radical (unpaired) electrons. The molecule has 0 bridgehead atoms. The standard InChI is InChI=1S/C22H22ClN3O4/c23-18-5-1-16(2-6-18)17-3-7-19(8-4-17)26-21(20(15-24-26)22(27)28)30-14-11-25-9-12-29-13-10-25/h1-8,15H,9-14H2,(H,27,28)/p-1. The first kappa shape index (κ1) is 20.4. The Morgan fingerprint density at radius 1 is 1.07 bits per heavy atom. The summed E-state index contributed by atoms with van der Waals surface area (Å²) >= 11 is 5.95. The number of carbonyl (C=O) groups is 1. The molecule has 2 heterocycles. The molecule has 0 N–H and O–H groups in total. The van der Waals surface area contributed by atoms with E-state index < -0.39 is 5.97 Å². The van der Waals surface area contributed by atoms with Gasteiger partial charge in [0.15, 0.2) is 0 Å². The number of hydrogen-bond acceptors (Lipinski definition) is 6. The molecule has 1 aliphatic rings.